The van der Waals surface area contributed by atoms with E-state index in [0.717, 1.165) is 33.3 Å². The normalized spacial score (nSPS) is 16.1. The highest BCUT2D eigenvalue weighted by Gasteiger charge is 2.23. The van der Waals surface area contributed by atoms with Crippen LogP contribution in [0.4, 0.5) is 4.79 Å². The third-order valence-corrected chi connectivity index (χ3v) is 4.93. The van der Waals surface area contributed by atoms with E-state index in [0.29, 0.717) is 19.8 Å². The maximum Gasteiger partial charge on any atom is 0.315 e. The summed E-state index contributed by atoms with van der Waals surface area (Å²) in [7, 11) is 0. The summed E-state index contributed by atoms with van der Waals surface area (Å²) in [6, 6.07) is 13.7. The zero-order valence-electron chi connectivity index (χ0n) is 16.5. The summed E-state index contributed by atoms with van der Waals surface area (Å²) in [6.07, 6.45) is 0.747. The van der Waals surface area contributed by atoms with Crippen molar-refractivity contribution in [3.63, 3.8) is 0 Å². The average molecular weight is 447 g/mol. The number of nitrogens with one attached hydrogen (secondary N) is 2. The Balaban J connectivity index is 1.55. The quantitative estimate of drug-likeness (QED) is 0.672. The molecule has 2 aromatic carbocycles. The molecule has 5 nitrogen and oxygen atoms in total. The van der Waals surface area contributed by atoms with Crippen LogP contribution in [0, 0.1) is 0 Å². The molecule has 6 heteroatoms. The van der Waals surface area contributed by atoms with Crippen LogP contribution in [0.5, 0.6) is 5.75 Å². The molecule has 0 aromatic heterocycles. The number of amides is 2. The topological polar surface area (TPSA) is 59.6 Å². The number of ether oxygens (including phenoxy) is 2. The summed E-state index contributed by atoms with van der Waals surface area (Å²) in [6.45, 7) is 7.72. The molecule has 1 atom stereocenters. The molecule has 0 bridgehead atoms. The number of fused-ring (bicyclic) bond motifs is 1. The van der Waals surface area contributed by atoms with E-state index in [9.17, 15) is 4.79 Å². The van der Waals surface area contributed by atoms with Gasteiger partial charge in [0.15, 0.2) is 0 Å². The molecule has 3 rings (SSSR count). The lowest BCUT2D eigenvalue weighted by molar-refractivity contribution is -0.0149. The summed E-state index contributed by atoms with van der Waals surface area (Å²) in [4.78, 5) is 12.4. The molecule has 1 aliphatic heterocycles. The van der Waals surface area contributed by atoms with Crippen LogP contribution in [0.25, 0.3) is 0 Å². The molecule has 0 saturated heterocycles. The Morgan fingerprint density at radius 3 is 2.79 bits per heavy atom. The standard InChI is InChI=1S/C22H27BrN2O3/c1-22(2,3)28-14-16-6-4-5-15(11-16)13-24-21(26)25-19-9-10-27-20-8-7-17(23)12-18(19)20/h4-8,11-12,19H,9-10,13-14H2,1-3H3,(H2,24,25,26). The fraction of sp³-hybridized carbons (Fsp3) is 0.409. The number of carbonyl (C=O) groups excluding carboxylic acids is 1. The van der Waals surface area contributed by atoms with E-state index in [1.165, 1.54) is 0 Å². The van der Waals surface area contributed by atoms with Crippen LogP contribution in [-0.2, 0) is 17.9 Å². The molecule has 0 radical (unpaired) electrons. The van der Waals surface area contributed by atoms with E-state index in [1.807, 2.05) is 57.2 Å². The number of hydrogen-bond acceptors (Lipinski definition) is 3. The second-order valence-corrected chi connectivity index (χ2v) is 8.84. The number of rotatable bonds is 5. The molecule has 1 heterocycles. The van der Waals surface area contributed by atoms with Crippen molar-refractivity contribution in [2.45, 2.75) is 52.0 Å². The minimum Gasteiger partial charge on any atom is -0.493 e. The minimum atomic E-state index is -0.186. The van der Waals surface area contributed by atoms with Gasteiger partial charge in [-0.1, -0.05) is 40.2 Å². The third-order valence-electron chi connectivity index (χ3n) is 4.43. The maximum absolute atomic E-state index is 12.4. The van der Waals surface area contributed by atoms with Crippen molar-refractivity contribution in [1.82, 2.24) is 10.6 Å². The van der Waals surface area contributed by atoms with Gasteiger partial charge in [0.2, 0.25) is 0 Å². The van der Waals surface area contributed by atoms with Crippen molar-refractivity contribution in [3.8, 4) is 5.75 Å². The average Bonchev–Trinajstić information content (AvgIpc) is 2.65. The molecular weight excluding hydrogens is 420 g/mol. The first-order valence-electron chi connectivity index (χ1n) is 9.48. The zero-order valence-corrected chi connectivity index (χ0v) is 18.1. The van der Waals surface area contributed by atoms with Gasteiger partial charge >= 0.3 is 6.03 Å². The van der Waals surface area contributed by atoms with Crippen LogP contribution < -0.4 is 15.4 Å². The van der Waals surface area contributed by atoms with Gasteiger partial charge in [-0.15, -0.1) is 0 Å². The van der Waals surface area contributed by atoms with E-state index in [-0.39, 0.29) is 17.7 Å². The number of hydrogen-bond donors (Lipinski definition) is 2. The molecule has 0 saturated carbocycles. The van der Waals surface area contributed by atoms with Gasteiger partial charge in [-0.25, -0.2) is 4.79 Å². The van der Waals surface area contributed by atoms with Gasteiger partial charge < -0.3 is 20.1 Å². The second-order valence-electron chi connectivity index (χ2n) is 7.92. The highest BCUT2D eigenvalue weighted by Crippen LogP contribution is 2.34. The van der Waals surface area contributed by atoms with E-state index in [4.69, 9.17) is 9.47 Å². The molecule has 150 valence electrons. The number of carbonyl (C=O) groups is 1. The van der Waals surface area contributed by atoms with Gasteiger partial charge in [-0.2, -0.15) is 0 Å². The predicted molar refractivity (Wildman–Crippen MR) is 113 cm³/mol. The van der Waals surface area contributed by atoms with Gasteiger partial charge in [0.1, 0.15) is 5.75 Å². The van der Waals surface area contributed by atoms with Crippen LogP contribution in [-0.4, -0.2) is 18.2 Å². The van der Waals surface area contributed by atoms with Crippen LogP contribution in [0.15, 0.2) is 46.9 Å². The molecule has 1 unspecified atom stereocenters. The van der Waals surface area contributed by atoms with Crippen LogP contribution in [0.2, 0.25) is 0 Å². The minimum absolute atomic E-state index is 0.0623. The first-order valence-corrected chi connectivity index (χ1v) is 10.3. The predicted octanol–water partition coefficient (Wildman–Crippen LogP) is 5.09. The molecule has 0 spiro atoms. The second kappa shape index (κ2) is 8.97. The van der Waals surface area contributed by atoms with Crippen LogP contribution in [0.1, 0.15) is 49.9 Å². The number of halogens is 1. The number of urea groups is 1. The van der Waals surface area contributed by atoms with E-state index >= 15 is 0 Å². The largest absolute Gasteiger partial charge is 0.493 e. The fourth-order valence-electron chi connectivity index (χ4n) is 3.04. The summed E-state index contributed by atoms with van der Waals surface area (Å²) in [5.74, 6) is 0.825. The van der Waals surface area contributed by atoms with Gasteiger partial charge in [-0.3, -0.25) is 0 Å². The molecule has 0 fully saturated rings. The monoisotopic (exact) mass is 446 g/mol. The summed E-state index contributed by atoms with van der Waals surface area (Å²) in [5.41, 5.74) is 2.96. The molecule has 2 N–H and O–H groups in total. The summed E-state index contributed by atoms with van der Waals surface area (Å²) in [5, 5.41) is 6.00. The van der Waals surface area contributed by atoms with Crippen molar-refractivity contribution < 1.29 is 14.3 Å². The van der Waals surface area contributed by atoms with E-state index in [2.05, 4.69) is 32.6 Å². The highest BCUT2D eigenvalue weighted by molar-refractivity contribution is 9.10. The van der Waals surface area contributed by atoms with Crippen molar-refractivity contribution in [1.29, 1.82) is 0 Å². The molecular formula is C22H27BrN2O3. The van der Waals surface area contributed by atoms with Crippen molar-refractivity contribution >= 4 is 22.0 Å². The molecule has 2 aromatic rings. The van der Waals surface area contributed by atoms with Crippen LogP contribution in [0.3, 0.4) is 0 Å². The van der Waals surface area contributed by atoms with Gasteiger partial charge in [-0.05, 0) is 50.1 Å². The van der Waals surface area contributed by atoms with Crippen LogP contribution >= 0.6 is 15.9 Å². The summed E-state index contributed by atoms with van der Waals surface area (Å²) < 4.78 is 12.5. The Labute approximate surface area is 174 Å². The summed E-state index contributed by atoms with van der Waals surface area (Å²) >= 11 is 3.48. The van der Waals surface area contributed by atoms with E-state index in [1.54, 1.807) is 0 Å². The van der Waals surface area contributed by atoms with Gasteiger partial charge in [0, 0.05) is 23.0 Å². The lowest BCUT2D eigenvalue weighted by Crippen LogP contribution is -2.39. The molecule has 28 heavy (non-hydrogen) atoms. The number of benzene rings is 2. The van der Waals surface area contributed by atoms with Gasteiger partial charge in [0.05, 0.1) is 24.9 Å². The molecule has 0 aliphatic carbocycles. The first kappa shape index (κ1) is 20.7. The van der Waals surface area contributed by atoms with Crippen molar-refractivity contribution in [2.75, 3.05) is 6.61 Å². The first-order chi connectivity index (χ1) is 13.3. The van der Waals surface area contributed by atoms with E-state index < -0.39 is 0 Å². The third kappa shape index (κ3) is 5.97. The lowest BCUT2D eigenvalue weighted by atomic mass is 10.0. The smallest absolute Gasteiger partial charge is 0.315 e. The Kier molecular flexibility index (Phi) is 6.62. The Hall–Kier alpha value is -2.05. The molecule has 2 amide bonds. The van der Waals surface area contributed by atoms with Crippen molar-refractivity contribution in [3.05, 3.63) is 63.6 Å². The highest BCUT2D eigenvalue weighted by atomic mass is 79.9. The molecule has 1 aliphatic rings. The maximum atomic E-state index is 12.4. The fourth-order valence-corrected chi connectivity index (χ4v) is 3.41. The Morgan fingerprint density at radius 1 is 1.21 bits per heavy atom. The van der Waals surface area contributed by atoms with Gasteiger partial charge in [0.25, 0.3) is 0 Å². The Morgan fingerprint density at radius 2 is 2.00 bits per heavy atom. The zero-order chi connectivity index (χ0) is 20.1. The SMILES string of the molecule is CC(C)(C)OCc1cccc(CNC(=O)NC2CCOc3ccc(Br)cc32)c1. The lowest BCUT2D eigenvalue weighted by Gasteiger charge is -2.27. The Bertz CT molecular complexity index is 833. The van der Waals surface area contributed by atoms with Crippen molar-refractivity contribution in [2.24, 2.45) is 0 Å².